The minimum absolute atomic E-state index is 0.0545. The van der Waals surface area contributed by atoms with Gasteiger partial charge in [0.25, 0.3) is 0 Å². The van der Waals surface area contributed by atoms with Crippen LogP contribution in [0.4, 0.5) is 5.69 Å². The predicted octanol–water partition coefficient (Wildman–Crippen LogP) is 8.68. The Morgan fingerprint density at radius 2 is 1.27 bits per heavy atom. The first-order chi connectivity index (χ1) is 21.7. The molecule has 0 spiro atoms. The third kappa shape index (κ3) is 4.46. The summed E-state index contributed by atoms with van der Waals surface area (Å²) in [6.45, 7) is 1.52. The second-order valence-electron chi connectivity index (χ2n) is 12.5. The zero-order chi connectivity index (χ0) is 29.5. The fourth-order valence-electron chi connectivity index (χ4n) is 8.03. The second kappa shape index (κ2) is 11.0. The van der Waals surface area contributed by atoms with Gasteiger partial charge in [0.15, 0.2) is 0 Å². The summed E-state index contributed by atoms with van der Waals surface area (Å²) in [6, 6.07) is 50.0. The minimum atomic E-state index is -0.201. The zero-order valence-corrected chi connectivity index (χ0v) is 24.9. The van der Waals surface area contributed by atoms with Crippen LogP contribution in [0.15, 0.2) is 140 Å². The Bertz CT molecular complexity index is 1970. The van der Waals surface area contributed by atoms with E-state index in [9.17, 15) is 4.79 Å². The average Bonchev–Trinajstić information content (AvgIpc) is 3.57. The Balaban J connectivity index is 1.24. The molecule has 216 valence electrons. The molecule has 6 aromatic carbocycles. The van der Waals surface area contributed by atoms with Gasteiger partial charge in [0.2, 0.25) is 5.91 Å². The van der Waals surface area contributed by atoms with E-state index in [0.717, 1.165) is 32.4 Å². The Labute approximate surface area is 259 Å². The number of carbonyl (C=O) groups excluding carboxylic acids is 1. The number of carbonyl (C=O) groups is 1. The highest BCUT2D eigenvalue weighted by atomic mass is 16.2. The summed E-state index contributed by atoms with van der Waals surface area (Å²) in [5.41, 5.74) is 6.29. The smallest absolute Gasteiger partial charge is 0.224 e. The summed E-state index contributed by atoms with van der Waals surface area (Å²) in [6.07, 6.45) is 3.06. The Morgan fingerprint density at radius 1 is 0.659 bits per heavy atom. The Hall–Kier alpha value is -4.89. The van der Waals surface area contributed by atoms with Crippen LogP contribution in [-0.2, 0) is 29.6 Å². The predicted molar refractivity (Wildman–Crippen MR) is 181 cm³/mol. The lowest BCUT2D eigenvalue weighted by Gasteiger charge is -2.39. The number of benzene rings is 6. The first-order valence-electron chi connectivity index (χ1n) is 15.8. The van der Waals surface area contributed by atoms with E-state index in [1.54, 1.807) is 0 Å². The average molecular weight is 573 g/mol. The standard InChI is InChI=1S/C41H36N2O/c44-39(25-24-30-12-2-1-3-13-30)42-27-26-41(28-33-18-10-16-31-14-4-6-20-35(31)33)37-22-8-9-23-38(37)43(40(41)42)29-34-19-11-17-32-15-5-7-21-36(32)34/h1-23,40H,24-29H2. The van der Waals surface area contributed by atoms with Crippen LogP contribution in [0.2, 0.25) is 0 Å². The number of aryl methyl sites for hydroxylation is 1. The van der Waals surface area contributed by atoms with Crippen molar-refractivity contribution in [2.45, 2.75) is 43.8 Å². The van der Waals surface area contributed by atoms with Crippen LogP contribution >= 0.6 is 0 Å². The van der Waals surface area contributed by atoms with Crippen LogP contribution in [0.1, 0.15) is 35.1 Å². The van der Waals surface area contributed by atoms with Crippen LogP contribution in [0.3, 0.4) is 0 Å². The lowest BCUT2D eigenvalue weighted by Crippen LogP contribution is -2.52. The molecule has 44 heavy (non-hydrogen) atoms. The molecule has 2 aliphatic rings. The number of amides is 1. The van der Waals surface area contributed by atoms with Gasteiger partial charge >= 0.3 is 0 Å². The van der Waals surface area contributed by atoms with Gasteiger partial charge in [0, 0.05) is 30.6 Å². The lowest BCUT2D eigenvalue weighted by molar-refractivity contribution is -0.132. The van der Waals surface area contributed by atoms with Gasteiger partial charge in [-0.25, -0.2) is 0 Å². The molecule has 2 heterocycles. The minimum Gasteiger partial charge on any atom is -0.346 e. The van der Waals surface area contributed by atoms with E-state index in [2.05, 4.69) is 143 Å². The van der Waals surface area contributed by atoms with E-state index in [-0.39, 0.29) is 17.5 Å². The van der Waals surface area contributed by atoms with Crippen LogP contribution in [0.25, 0.3) is 21.5 Å². The van der Waals surface area contributed by atoms with Crippen molar-refractivity contribution in [1.29, 1.82) is 0 Å². The van der Waals surface area contributed by atoms with Crippen LogP contribution in [0.5, 0.6) is 0 Å². The molecular weight excluding hydrogens is 536 g/mol. The molecule has 6 aromatic rings. The molecule has 8 rings (SSSR count). The van der Waals surface area contributed by atoms with Gasteiger partial charge in [-0.2, -0.15) is 0 Å². The summed E-state index contributed by atoms with van der Waals surface area (Å²) < 4.78 is 0. The fraction of sp³-hybridized carbons (Fsp3) is 0.195. The highest BCUT2D eigenvalue weighted by Crippen LogP contribution is 2.55. The van der Waals surface area contributed by atoms with Gasteiger partial charge in [0.1, 0.15) is 6.17 Å². The third-order valence-corrected chi connectivity index (χ3v) is 10.0. The van der Waals surface area contributed by atoms with Crippen molar-refractivity contribution >= 4 is 33.1 Å². The van der Waals surface area contributed by atoms with Gasteiger partial charge in [-0.05, 0) is 69.1 Å². The van der Waals surface area contributed by atoms with E-state index in [4.69, 9.17) is 0 Å². The van der Waals surface area contributed by atoms with Gasteiger partial charge in [-0.3, -0.25) is 4.79 Å². The summed E-state index contributed by atoms with van der Waals surface area (Å²) in [5.74, 6) is 0.245. The van der Waals surface area contributed by atoms with E-state index >= 15 is 0 Å². The molecule has 0 radical (unpaired) electrons. The lowest BCUT2D eigenvalue weighted by atomic mass is 9.73. The van der Waals surface area contributed by atoms with Gasteiger partial charge in [-0.1, -0.05) is 133 Å². The molecule has 1 fully saturated rings. The molecule has 2 aliphatic heterocycles. The highest BCUT2D eigenvalue weighted by molar-refractivity contribution is 5.88. The monoisotopic (exact) mass is 572 g/mol. The van der Waals surface area contributed by atoms with Crippen LogP contribution < -0.4 is 4.90 Å². The normalized spacial score (nSPS) is 19.0. The highest BCUT2D eigenvalue weighted by Gasteiger charge is 2.58. The van der Waals surface area contributed by atoms with Crippen molar-refractivity contribution in [1.82, 2.24) is 4.90 Å². The van der Waals surface area contributed by atoms with Crippen molar-refractivity contribution in [2.75, 3.05) is 11.4 Å². The quantitative estimate of drug-likeness (QED) is 0.191. The van der Waals surface area contributed by atoms with Gasteiger partial charge in [-0.15, -0.1) is 0 Å². The SMILES string of the molecule is O=C(CCc1ccccc1)N1CCC2(Cc3cccc4ccccc34)c3ccccc3N(Cc3cccc4ccccc34)C12. The molecule has 1 saturated heterocycles. The van der Waals surface area contributed by atoms with Crippen LogP contribution in [0, 0.1) is 0 Å². The van der Waals surface area contributed by atoms with Crippen molar-refractivity contribution in [3.8, 4) is 0 Å². The molecule has 0 bridgehead atoms. The zero-order valence-electron chi connectivity index (χ0n) is 24.9. The number of anilines is 1. The molecule has 2 atom stereocenters. The molecule has 0 aliphatic carbocycles. The molecule has 3 heteroatoms. The number of fused-ring (bicyclic) bond motifs is 5. The summed E-state index contributed by atoms with van der Waals surface area (Å²) in [4.78, 5) is 19.0. The summed E-state index contributed by atoms with van der Waals surface area (Å²) >= 11 is 0. The van der Waals surface area contributed by atoms with Crippen LogP contribution in [-0.4, -0.2) is 23.5 Å². The van der Waals surface area contributed by atoms with E-state index < -0.39 is 0 Å². The maximum absolute atomic E-state index is 14.2. The number of hydrogen-bond donors (Lipinski definition) is 0. The molecule has 2 unspecified atom stereocenters. The summed E-state index contributed by atoms with van der Waals surface area (Å²) in [7, 11) is 0. The second-order valence-corrected chi connectivity index (χ2v) is 12.5. The number of para-hydroxylation sites is 1. The van der Waals surface area contributed by atoms with E-state index in [1.165, 1.54) is 49.5 Å². The molecule has 1 amide bonds. The third-order valence-electron chi connectivity index (χ3n) is 10.0. The fourth-order valence-corrected chi connectivity index (χ4v) is 8.03. The van der Waals surface area contributed by atoms with Crippen molar-refractivity contribution < 1.29 is 4.79 Å². The Kier molecular flexibility index (Phi) is 6.67. The molecule has 0 N–H and O–H groups in total. The first-order valence-corrected chi connectivity index (χ1v) is 15.8. The number of nitrogens with zero attached hydrogens (tertiary/aromatic N) is 2. The molecule has 3 nitrogen and oxygen atoms in total. The molecule has 0 saturated carbocycles. The number of likely N-dealkylation sites (tertiary alicyclic amines) is 1. The summed E-state index contributed by atoms with van der Waals surface area (Å²) in [5, 5.41) is 5.10. The van der Waals surface area contributed by atoms with Gasteiger partial charge < -0.3 is 9.80 Å². The first kappa shape index (κ1) is 26.7. The number of hydrogen-bond acceptors (Lipinski definition) is 2. The van der Waals surface area contributed by atoms with Crippen molar-refractivity contribution in [3.05, 3.63) is 162 Å². The largest absolute Gasteiger partial charge is 0.346 e. The van der Waals surface area contributed by atoms with E-state index in [0.29, 0.717) is 6.42 Å². The molecule has 0 aromatic heterocycles. The topological polar surface area (TPSA) is 23.6 Å². The maximum Gasteiger partial charge on any atom is 0.224 e. The Morgan fingerprint density at radius 3 is 2.05 bits per heavy atom. The van der Waals surface area contributed by atoms with Gasteiger partial charge in [0.05, 0.1) is 0 Å². The molecular formula is C41H36N2O. The van der Waals surface area contributed by atoms with Crippen molar-refractivity contribution in [2.24, 2.45) is 0 Å². The van der Waals surface area contributed by atoms with E-state index in [1.807, 2.05) is 6.07 Å². The number of rotatable bonds is 7. The maximum atomic E-state index is 14.2. The van der Waals surface area contributed by atoms with Crippen molar-refractivity contribution in [3.63, 3.8) is 0 Å².